The first-order chi connectivity index (χ1) is 9.36. The van der Waals surface area contributed by atoms with Crippen LogP contribution in [0.1, 0.15) is 25.3 Å². The van der Waals surface area contributed by atoms with E-state index in [9.17, 15) is 12.8 Å². The summed E-state index contributed by atoms with van der Waals surface area (Å²) in [6, 6.07) is 3.97. The maximum atomic E-state index is 13.8. The first-order valence-electron chi connectivity index (χ1n) is 6.48. The van der Waals surface area contributed by atoms with Crippen LogP contribution < -0.4 is 10.5 Å². The van der Waals surface area contributed by atoms with E-state index < -0.39 is 15.8 Å². The van der Waals surface area contributed by atoms with E-state index in [0.29, 0.717) is 12.1 Å². The number of rotatable bonds is 5. The van der Waals surface area contributed by atoms with Crippen molar-refractivity contribution < 1.29 is 12.8 Å². The number of hydrogen-bond acceptors (Lipinski definition) is 4. The molecule has 0 saturated carbocycles. The number of nitrogens with two attached hydrogens (primary N) is 1. The Bertz CT molecular complexity index is 584. The monoisotopic (exact) mass is 318 g/mol. The predicted molar refractivity (Wildman–Crippen MR) is 79.6 cm³/mol. The van der Waals surface area contributed by atoms with Gasteiger partial charge >= 0.3 is 0 Å². The van der Waals surface area contributed by atoms with Crippen LogP contribution in [0.2, 0.25) is 0 Å². The van der Waals surface area contributed by atoms with Crippen LogP contribution in [0.4, 0.5) is 4.39 Å². The lowest BCUT2D eigenvalue weighted by molar-refractivity contribution is 0.538. The molecule has 7 heteroatoms. The molecular weight excluding hydrogens is 299 g/mol. The minimum atomic E-state index is -3.82. The quantitative estimate of drug-likeness (QED) is 0.869. The number of thioether (sulfide) groups is 1. The highest BCUT2D eigenvalue weighted by molar-refractivity contribution is 8.01. The van der Waals surface area contributed by atoms with Gasteiger partial charge in [0.15, 0.2) is 0 Å². The Morgan fingerprint density at radius 2 is 2.25 bits per heavy atom. The molecule has 112 valence electrons. The molecule has 2 rings (SSSR count). The zero-order chi connectivity index (χ0) is 14.8. The topological polar surface area (TPSA) is 72.2 Å². The van der Waals surface area contributed by atoms with Crippen molar-refractivity contribution in [2.75, 3.05) is 12.3 Å². The molecule has 20 heavy (non-hydrogen) atoms. The molecule has 0 aromatic heterocycles. The van der Waals surface area contributed by atoms with Gasteiger partial charge in [-0.15, -0.1) is 0 Å². The van der Waals surface area contributed by atoms with E-state index in [1.54, 1.807) is 11.8 Å². The molecule has 1 aromatic rings. The Morgan fingerprint density at radius 3 is 2.80 bits per heavy atom. The minimum absolute atomic E-state index is 0.0965. The molecule has 1 heterocycles. The fraction of sp³-hybridized carbons (Fsp3) is 0.538. The van der Waals surface area contributed by atoms with Gasteiger partial charge in [0.1, 0.15) is 10.7 Å². The van der Waals surface area contributed by atoms with Crippen molar-refractivity contribution in [3.8, 4) is 0 Å². The molecule has 1 fully saturated rings. The summed E-state index contributed by atoms with van der Waals surface area (Å²) in [5, 5.41) is 0. The highest BCUT2D eigenvalue weighted by Crippen LogP contribution is 2.37. The minimum Gasteiger partial charge on any atom is -0.326 e. The summed E-state index contributed by atoms with van der Waals surface area (Å²) < 4.78 is 40.6. The second-order valence-corrected chi connectivity index (χ2v) is 8.61. The molecule has 1 saturated heterocycles. The van der Waals surface area contributed by atoms with E-state index in [0.717, 1.165) is 18.6 Å². The van der Waals surface area contributed by atoms with Gasteiger partial charge in [-0.1, -0.05) is 6.07 Å². The van der Waals surface area contributed by atoms with E-state index >= 15 is 0 Å². The van der Waals surface area contributed by atoms with Crippen LogP contribution in [0.3, 0.4) is 0 Å². The number of hydrogen-bond donors (Lipinski definition) is 2. The summed E-state index contributed by atoms with van der Waals surface area (Å²) in [6.45, 7) is 2.53. The average molecular weight is 318 g/mol. The van der Waals surface area contributed by atoms with Crippen LogP contribution in [-0.4, -0.2) is 25.5 Å². The van der Waals surface area contributed by atoms with Crippen LogP contribution in [0.5, 0.6) is 0 Å². The van der Waals surface area contributed by atoms with Gasteiger partial charge < -0.3 is 5.73 Å². The molecule has 1 aliphatic rings. The second-order valence-electron chi connectivity index (χ2n) is 5.20. The van der Waals surface area contributed by atoms with E-state index in [4.69, 9.17) is 5.73 Å². The first-order valence-corrected chi connectivity index (χ1v) is 8.95. The van der Waals surface area contributed by atoms with E-state index in [2.05, 4.69) is 4.72 Å². The maximum absolute atomic E-state index is 13.8. The highest BCUT2D eigenvalue weighted by atomic mass is 32.2. The largest absolute Gasteiger partial charge is 0.326 e. The summed E-state index contributed by atoms with van der Waals surface area (Å²) in [7, 11) is -3.82. The molecule has 0 amide bonds. The lowest BCUT2D eigenvalue weighted by Gasteiger charge is -2.22. The normalized spacial score (nSPS) is 23.1. The Kier molecular flexibility index (Phi) is 4.73. The number of halogens is 1. The average Bonchev–Trinajstić information content (AvgIpc) is 2.84. The van der Waals surface area contributed by atoms with Gasteiger partial charge in [-0.25, -0.2) is 17.5 Å². The molecule has 0 aliphatic carbocycles. The zero-order valence-electron chi connectivity index (χ0n) is 11.4. The van der Waals surface area contributed by atoms with Crippen LogP contribution in [0.15, 0.2) is 23.1 Å². The lowest BCUT2D eigenvalue weighted by Crippen LogP contribution is -2.37. The Labute approximate surface area is 123 Å². The SMILES string of the molecule is CC1(CNS(=O)(=O)c2ccc(CN)cc2F)CCCS1. The summed E-state index contributed by atoms with van der Waals surface area (Å²) >= 11 is 1.75. The standard InChI is InChI=1S/C13H19FN2O2S2/c1-13(5-2-6-19-13)9-16-20(17,18)12-4-3-10(8-15)7-11(12)14/h3-4,7,16H,2,5-6,8-9,15H2,1H3. The van der Waals surface area contributed by atoms with Crippen molar-refractivity contribution in [3.05, 3.63) is 29.6 Å². The molecule has 0 radical (unpaired) electrons. The van der Waals surface area contributed by atoms with E-state index in [1.807, 2.05) is 6.92 Å². The van der Waals surface area contributed by atoms with Crippen molar-refractivity contribution >= 4 is 21.8 Å². The highest BCUT2D eigenvalue weighted by Gasteiger charge is 2.31. The fourth-order valence-corrected chi connectivity index (χ4v) is 4.75. The third-order valence-electron chi connectivity index (χ3n) is 3.46. The van der Waals surface area contributed by atoms with Gasteiger partial charge in [0.05, 0.1) is 0 Å². The molecule has 0 bridgehead atoms. The van der Waals surface area contributed by atoms with Gasteiger partial charge in [0.25, 0.3) is 0 Å². The molecule has 1 atom stereocenters. The summed E-state index contributed by atoms with van der Waals surface area (Å²) in [4.78, 5) is -0.318. The Hall–Kier alpha value is -0.630. The summed E-state index contributed by atoms with van der Waals surface area (Å²) in [5.41, 5.74) is 5.97. The van der Waals surface area contributed by atoms with Crippen LogP contribution in [0.25, 0.3) is 0 Å². The van der Waals surface area contributed by atoms with Crippen molar-refractivity contribution in [2.24, 2.45) is 5.73 Å². The van der Waals surface area contributed by atoms with Crippen molar-refractivity contribution in [3.63, 3.8) is 0 Å². The molecular formula is C13H19FN2O2S2. The first kappa shape index (κ1) is 15.8. The van der Waals surface area contributed by atoms with Crippen molar-refractivity contribution in [1.29, 1.82) is 0 Å². The Balaban J connectivity index is 2.14. The van der Waals surface area contributed by atoms with Crippen molar-refractivity contribution in [2.45, 2.75) is 36.0 Å². The molecule has 1 aromatic carbocycles. The number of nitrogens with one attached hydrogen (secondary N) is 1. The van der Waals surface area contributed by atoms with Crippen LogP contribution in [0, 0.1) is 5.82 Å². The van der Waals surface area contributed by atoms with Gasteiger partial charge in [-0.3, -0.25) is 0 Å². The Morgan fingerprint density at radius 1 is 1.50 bits per heavy atom. The van der Waals surface area contributed by atoms with Crippen LogP contribution >= 0.6 is 11.8 Å². The van der Waals surface area contributed by atoms with Gasteiger partial charge in [-0.05, 0) is 43.2 Å². The molecule has 1 unspecified atom stereocenters. The molecule has 4 nitrogen and oxygen atoms in total. The summed E-state index contributed by atoms with van der Waals surface area (Å²) in [5.74, 6) is 0.280. The number of benzene rings is 1. The van der Waals surface area contributed by atoms with Gasteiger partial charge in [0, 0.05) is 17.8 Å². The van der Waals surface area contributed by atoms with Crippen molar-refractivity contribution in [1.82, 2.24) is 4.72 Å². The maximum Gasteiger partial charge on any atom is 0.243 e. The van der Waals surface area contributed by atoms with E-state index in [1.165, 1.54) is 18.2 Å². The zero-order valence-corrected chi connectivity index (χ0v) is 13.0. The smallest absolute Gasteiger partial charge is 0.243 e. The predicted octanol–water partition coefficient (Wildman–Crippen LogP) is 1.85. The third kappa shape index (κ3) is 3.52. The van der Waals surface area contributed by atoms with Gasteiger partial charge in [-0.2, -0.15) is 11.8 Å². The lowest BCUT2D eigenvalue weighted by atomic mass is 10.1. The third-order valence-corrected chi connectivity index (χ3v) is 6.43. The molecule has 1 aliphatic heterocycles. The number of sulfonamides is 1. The van der Waals surface area contributed by atoms with Gasteiger partial charge in [0.2, 0.25) is 10.0 Å². The van der Waals surface area contributed by atoms with Crippen LogP contribution in [-0.2, 0) is 16.6 Å². The molecule has 3 N–H and O–H groups in total. The van der Waals surface area contributed by atoms with E-state index in [-0.39, 0.29) is 16.2 Å². The fourth-order valence-electron chi connectivity index (χ4n) is 2.19. The summed E-state index contributed by atoms with van der Waals surface area (Å²) in [6.07, 6.45) is 2.05. The second kappa shape index (κ2) is 6.01. The molecule has 0 spiro atoms.